The number of anilines is 1. The first kappa shape index (κ1) is 22.2. The van der Waals surface area contributed by atoms with Crippen molar-refractivity contribution in [1.82, 2.24) is 20.4 Å². The molecule has 1 atom stereocenters. The van der Waals surface area contributed by atoms with Crippen molar-refractivity contribution in [3.8, 4) is 11.5 Å². The van der Waals surface area contributed by atoms with Gasteiger partial charge >= 0.3 is 0 Å². The lowest BCUT2D eigenvalue weighted by molar-refractivity contribution is 0.186. The first-order valence-corrected chi connectivity index (χ1v) is 11.9. The Morgan fingerprint density at radius 1 is 1.09 bits per heavy atom. The molecule has 1 N–H and O–H groups in total. The third kappa shape index (κ3) is 4.34. The van der Waals surface area contributed by atoms with Crippen molar-refractivity contribution in [3.05, 3.63) is 34.9 Å². The maximum atomic E-state index is 15.2. The van der Waals surface area contributed by atoms with Crippen LogP contribution in [0.3, 0.4) is 0 Å². The number of fused-ring (bicyclic) bond motifs is 1. The Bertz CT molecular complexity index is 1150. The molecule has 2 aliphatic heterocycles. The predicted octanol–water partition coefficient (Wildman–Crippen LogP) is 4.51. The summed E-state index contributed by atoms with van der Waals surface area (Å²) in [5.41, 5.74) is 3.07. The Morgan fingerprint density at radius 2 is 1.88 bits per heavy atom. The van der Waals surface area contributed by atoms with Crippen molar-refractivity contribution in [2.45, 2.75) is 65.0 Å². The molecule has 2 aliphatic rings. The van der Waals surface area contributed by atoms with Gasteiger partial charge in [0.2, 0.25) is 0 Å². The van der Waals surface area contributed by atoms with E-state index in [1.807, 2.05) is 13.0 Å². The van der Waals surface area contributed by atoms with Crippen molar-refractivity contribution in [2.24, 2.45) is 0 Å². The average Bonchev–Trinajstić information content (AvgIpc) is 3.46. The van der Waals surface area contributed by atoms with Crippen LogP contribution >= 0.6 is 0 Å². The molecule has 0 bridgehead atoms. The highest BCUT2D eigenvalue weighted by atomic mass is 19.1. The molecule has 2 aromatic heterocycles. The zero-order chi connectivity index (χ0) is 23.1. The number of rotatable bonds is 5. The Balaban J connectivity index is 1.53. The number of benzene rings is 1. The van der Waals surface area contributed by atoms with Gasteiger partial charge in [0.1, 0.15) is 17.2 Å². The molecule has 1 unspecified atom stereocenters. The fraction of sp³-hybridized carbons (Fsp3) is 0.560. The molecular weight excluding hydrogens is 421 g/mol. The largest absolute Gasteiger partial charge is 0.380 e. The molecule has 4 heterocycles. The van der Waals surface area contributed by atoms with E-state index in [0.29, 0.717) is 29.3 Å². The van der Waals surface area contributed by atoms with E-state index in [9.17, 15) is 0 Å². The standard InChI is InChI=1S/C25H32FN5O2/c1-14(2)17-11-20-15(3)22(25-27-16(4)30-33-25)24(29-23(20)21(26)12-17)31-8-5-18(6-9-31)28-19-7-10-32-13-19/h11-12,14,18-19,28H,5-10,13H2,1-4H3. The minimum Gasteiger partial charge on any atom is -0.380 e. The quantitative estimate of drug-likeness (QED) is 0.609. The maximum absolute atomic E-state index is 15.2. The minimum atomic E-state index is -0.286. The molecule has 176 valence electrons. The Labute approximate surface area is 193 Å². The first-order chi connectivity index (χ1) is 15.9. The van der Waals surface area contributed by atoms with Gasteiger partial charge in [-0.3, -0.25) is 0 Å². The molecule has 1 aromatic carbocycles. The number of aromatic nitrogens is 3. The van der Waals surface area contributed by atoms with Gasteiger partial charge in [-0.05, 0) is 62.3 Å². The molecule has 0 saturated carbocycles. The second-order valence-electron chi connectivity index (χ2n) is 9.62. The molecular formula is C25H32FN5O2. The van der Waals surface area contributed by atoms with E-state index in [4.69, 9.17) is 14.2 Å². The Kier molecular flexibility index (Phi) is 6.05. The summed E-state index contributed by atoms with van der Waals surface area (Å²) in [6.07, 6.45) is 3.06. The van der Waals surface area contributed by atoms with Crippen molar-refractivity contribution in [3.63, 3.8) is 0 Å². The molecule has 7 nitrogen and oxygen atoms in total. The van der Waals surface area contributed by atoms with Crippen LogP contribution in [0.2, 0.25) is 0 Å². The van der Waals surface area contributed by atoms with Gasteiger partial charge in [0, 0.05) is 37.2 Å². The van der Waals surface area contributed by atoms with E-state index in [1.54, 1.807) is 13.0 Å². The molecule has 3 aromatic rings. The topological polar surface area (TPSA) is 76.3 Å². The van der Waals surface area contributed by atoms with Gasteiger partial charge in [-0.25, -0.2) is 9.37 Å². The summed E-state index contributed by atoms with van der Waals surface area (Å²) in [5.74, 6) is 1.66. The summed E-state index contributed by atoms with van der Waals surface area (Å²) in [7, 11) is 0. The molecule has 2 saturated heterocycles. The number of hydrogen-bond donors (Lipinski definition) is 1. The van der Waals surface area contributed by atoms with Gasteiger partial charge in [-0.2, -0.15) is 4.98 Å². The summed E-state index contributed by atoms with van der Waals surface area (Å²) in [5, 5.41) is 8.54. The lowest BCUT2D eigenvalue weighted by atomic mass is 9.96. The summed E-state index contributed by atoms with van der Waals surface area (Å²) < 4.78 is 26.3. The van der Waals surface area contributed by atoms with Crippen LogP contribution in [0, 0.1) is 19.7 Å². The second kappa shape index (κ2) is 8.99. The molecule has 5 rings (SSSR count). The fourth-order valence-corrected chi connectivity index (χ4v) is 4.96. The zero-order valence-corrected chi connectivity index (χ0v) is 19.8. The van der Waals surface area contributed by atoms with Crippen LogP contribution in [0.4, 0.5) is 10.2 Å². The number of halogens is 1. The monoisotopic (exact) mass is 453 g/mol. The van der Waals surface area contributed by atoms with Crippen molar-refractivity contribution < 1.29 is 13.7 Å². The first-order valence-electron chi connectivity index (χ1n) is 11.9. The molecule has 2 fully saturated rings. The third-order valence-corrected chi connectivity index (χ3v) is 6.91. The van der Waals surface area contributed by atoms with Crippen LogP contribution in [0.1, 0.15) is 56.0 Å². The summed E-state index contributed by atoms with van der Waals surface area (Å²) in [6, 6.07) is 4.55. The van der Waals surface area contributed by atoms with E-state index in [2.05, 4.69) is 34.2 Å². The van der Waals surface area contributed by atoms with Crippen molar-refractivity contribution >= 4 is 16.7 Å². The van der Waals surface area contributed by atoms with E-state index < -0.39 is 0 Å². The summed E-state index contributed by atoms with van der Waals surface area (Å²) in [4.78, 5) is 11.6. The third-order valence-electron chi connectivity index (χ3n) is 6.91. The molecule has 0 spiro atoms. The van der Waals surface area contributed by atoms with Crippen LogP contribution in [-0.4, -0.2) is 53.5 Å². The van der Waals surface area contributed by atoms with Crippen LogP contribution in [0.25, 0.3) is 22.4 Å². The van der Waals surface area contributed by atoms with Crippen LogP contribution in [0.5, 0.6) is 0 Å². The van der Waals surface area contributed by atoms with E-state index >= 15 is 4.39 Å². The normalized spacial score (nSPS) is 19.8. The molecule has 8 heteroatoms. The van der Waals surface area contributed by atoms with E-state index in [0.717, 1.165) is 73.5 Å². The Hall–Kier alpha value is -2.58. The molecule has 0 amide bonds. The van der Waals surface area contributed by atoms with Gasteiger partial charge in [0.05, 0.1) is 12.2 Å². The number of hydrogen-bond acceptors (Lipinski definition) is 7. The second-order valence-corrected chi connectivity index (χ2v) is 9.62. The van der Waals surface area contributed by atoms with Gasteiger partial charge in [-0.15, -0.1) is 0 Å². The summed E-state index contributed by atoms with van der Waals surface area (Å²) >= 11 is 0. The molecule has 33 heavy (non-hydrogen) atoms. The SMILES string of the molecule is Cc1noc(-c2c(N3CCC(NC4CCOC4)CC3)nc3c(F)cc(C(C)C)cc3c2C)n1. The number of nitrogens with zero attached hydrogens (tertiary/aromatic N) is 4. The number of nitrogens with one attached hydrogen (secondary N) is 1. The number of aryl methyl sites for hydroxylation is 2. The average molecular weight is 454 g/mol. The lowest BCUT2D eigenvalue weighted by Gasteiger charge is -2.35. The van der Waals surface area contributed by atoms with E-state index in [1.165, 1.54) is 0 Å². The number of piperidine rings is 1. The highest BCUT2D eigenvalue weighted by Crippen LogP contribution is 2.38. The van der Waals surface area contributed by atoms with Crippen LogP contribution < -0.4 is 10.2 Å². The van der Waals surface area contributed by atoms with Crippen molar-refractivity contribution in [2.75, 3.05) is 31.2 Å². The van der Waals surface area contributed by atoms with E-state index in [-0.39, 0.29) is 11.7 Å². The maximum Gasteiger partial charge on any atom is 0.261 e. The highest BCUT2D eigenvalue weighted by Gasteiger charge is 2.29. The fourth-order valence-electron chi connectivity index (χ4n) is 4.96. The lowest BCUT2D eigenvalue weighted by Crippen LogP contribution is -2.46. The Morgan fingerprint density at radius 3 is 2.52 bits per heavy atom. The van der Waals surface area contributed by atoms with Crippen LogP contribution in [0.15, 0.2) is 16.7 Å². The number of pyridine rings is 1. The zero-order valence-electron chi connectivity index (χ0n) is 19.8. The van der Waals surface area contributed by atoms with Crippen molar-refractivity contribution in [1.29, 1.82) is 0 Å². The molecule has 0 radical (unpaired) electrons. The predicted molar refractivity (Wildman–Crippen MR) is 126 cm³/mol. The minimum absolute atomic E-state index is 0.217. The van der Waals surface area contributed by atoms with Gasteiger partial charge < -0.3 is 19.5 Å². The van der Waals surface area contributed by atoms with Gasteiger partial charge in [0.15, 0.2) is 5.82 Å². The van der Waals surface area contributed by atoms with Crippen LogP contribution in [-0.2, 0) is 4.74 Å². The number of ether oxygens (including phenoxy) is 1. The summed E-state index contributed by atoms with van der Waals surface area (Å²) in [6.45, 7) is 11.2. The highest BCUT2D eigenvalue weighted by molar-refractivity contribution is 5.93. The molecule has 0 aliphatic carbocycles. The van der Waals surface area contributed by atoms with Gasteiger partial charge in [-0.1, -0.05) is 19.0 Å². The van der Waals surface area contributed by atoms with Gasteiger partial charge in [0.25, 0.3) is 5.89 Å². The smallest absolute Gasteiger partial charge is 0.261 e.